The van der Waals surface area contributed by atoms with Gasteiger partial charge in [0.05, 0.1) is 34.7 Å². The van der Waals surface area contributed by atoms with Crippen molar-refractivity contribution in [2.24, 2.45) is 0 Å². The number of amides is 2. The van der Waals surface area contributed by atoms with Gasteiger partial charge in [-0.25, -0.2) is 14.3 Å². The standard InChI is InChI=1S/C22H17ClF3IN8O2/c1-11-6-12(27)7-14(20(36)28-2)18(11)30-21(37)16-8-13(9-34-10-17(31-33-34)22(24,25)26)32-35(16)19-15(23)4-3-5-29-19/h3-8,10H,9H2,1-2H3,(H,28,36)(H,30,37). The van der Waals surface area contributed by atoms with Gasteiger partial charge in [-0.2, -0.15) is 18.3 Å². The Hall–Kier alpha value is -3.53. The fraction of sp³-hybridized carbons (Fsp3) is 0.182. The molecule has 0 spiro atoms. The summed E-state index contributed by atoms with van der Waals surface area (Å²) in [5.41, 5.74) is 0.197. The number of pyridine rings is 1. The Balaban J connectivity index is 1.75. The van der Waals surface area contributed by atoms with E-state index in [0.717, 1.165) is 14.4 Å². The molecule has 0 bridgehead atoms. The number of benzene rings is 1. The van der Waals surface area contributed by atoms with Crippen LogP contribution in [0.1, 0.15) is 37.8 Å². The number of aryl methyl sites for hydroxylation is 1. The van der Waals surface area contributed by atoms with Crippen LogP contribution in [0.15, 0.2) is 42.7 Å². The predicted octanol–water partition coefficient (Wildman–Crippen LogP) is 4.10. The van der Waals surface area contributed by atoms with Crippen LogP contribution in [0.3, 0.4) is 0 Å². The van der Waals surface area contributed by atoms with Crippen molar-refractivity contribution in [3.8, 4) is 5.82 Å². The fourth-order valence-corrected chi connectivity index (χ4v) is 4.42. The van der Waals surface area contributed by atoms with E-state index < -0.39 is 23.7 Å². The molecule has 192 valence electrons. The summed E-state index contributed by atoms with van der Waals surface area (Å²) in [6.07, 6.45) is -2.47. The highest BCUT2D eigenvalue weighted by Crippen LogP contribution is 2.28. The van der Waals surface area contributed by atoms with Crippen molar-refractivity contribution in [2.45, 2.75) is 19.6 Å². The first kappa shape index (κ1) is 26.5. The number of rotatable bonds is 6. The van der Waals surface area contributed by atoms with Gasteiger partial charge in [0, 0.05) is 16.8 Å². The summed E-state index contributed by atoms with van der Waals surface area (Å²) in [5.74, 6) is -0.920. The fourth-order valence-electron chi connectivity index (χ4n) is 3.44. The summed E-state index contributed by atoms with van der Waals surface area (Å²) in [7, 11) is 1.47. The van der Waals surface area contributed by atoms with Crippen LogP contribution in [-0.4, -0.2) is 48.6 Å². The van der Waals surface area contributed by atoms with Gasteiger partial charge in [-0.05, 0) is 65.4 Å². The van der Waals surface area contributed by atoms with E-state index in [1.807, 2.05) is 0 Å². The molecule has 2 N–H and O–H groups in total. The number of nitrogens with one attached hydrogen (secondary N) is 2. The lowest BCUT2D eigenvalue weighted by molar-refractivity contribution is -0.141. The highest BCUT2D eigenvalue weighted by molar-refractivity contribution is 14.1. The largest absolute Gasteiger partial charge is 0.436 e. The number of hydrogen-bond donors (Lipinski definition) is 2. The van der Waals surface area contributed by atoms with E-state index in [1.165, 1.54) is 24.0 Å². The number of halogens is 5. The van der Waals surface area contributed by atoms with Gasteiger partial charge < -0.3 is 10.6 Å². The Bertz CT molecular complexity index is 1500. The van der Waals surface area contributed by atoms with E-state index in [4.69, 9.17) is 11.6 Å². The molecule has 1 aromatic carbocycles. The number of nitrogens with zero attached hydrogens (tertiary/aromatic N) is 6. The maximum Gasteiger partial charge on any atom is 0.436 e. The summed E-state index contributed by atoms with van der Waals surface area (Å²) < 4.78 is 41.7. The second-order valence-corrected chi connectivity index (χ2v) is 9.37. The molecule has 0 aliphatic carbocycles. The predicted molar refractivity (Wildman–Crippen MR) is 136 cm³/mol. The Kier molecular flexibility index (Phi) is 7.49. The third-order valence-corrected chi connectivity index (χ3v) is 6.01. The van der Waals surface area contributed by atoms with Crippen molar-refractivity contribution in [3.63, 3.8) is 0 Å². The van der Waals surface area contributed by atoms with Gasteiger partial charge in [0.1, 0.15) is 5.69 Å². The van der Waals surface area contributed by atoms with E-state index in [1.54, 1.807) is 31.2 Å². The van der Waals surface area contributed by atoms with Gasteiger partial charge in [-0.3, -0.25) is 9.59 Å². The minimum atomic E-state index is -4.65. The summed E-state index contributed by atoms with van der Waals surface area (Å²) in [4.78, 5) is 30.1. The first-order valence-corrected chi connectivity index (χ1v) is 11.9. The molecule has 4 rings (SSSR count). The highest BCUT2D eigenvalue weighted by Gasteiger charge is 2.34. The van der Waals surface area contributed by atoms with E-state index in [-0.39, 0.29) is 40.0 Å². The summed E-state index contributed by atoms with van der Waals surface area (Å²) in [6.45, 7) is 1.53. The van der Waals surface area contributed by atoms with Crippen LogP contribution in [0.2, 0.25) is 5.02 Å². The molecule has 0 fully saturated rings. The third-order valence-electron chi connectivity index (χ3n) is 5.10. The average molecular weight is 645 g/mol. The molecule has 4 aromatic rings. The van der Waals surface area contributed by atoms with Crippen LogP contribution in [0.5, 0.6) is 0 Å². The first-order chi connectivity index (χ1) is 17.5. The average Bonchev–Trinajstić information content (AvgIpc) is 3.48. The van der Waals surface area contributed by atoms with Crippen LogP contribution >= 0.6 is 34.2 Å². The number of carbonyl (C=O) groups excluding carboxylic acids is 2. The molecule has 0 aliphatic heterocycles. The molecule has 0 radical (unpaired) electrons. The number of aromatic nitrogens is 6. The second-order valence-electron chi connectivity index (χ2n) is 7.72. The minimum Gasteiger partial charge on any atom is -0.355 e. The molecule has 0 saturated heterocycles. The summed E-state index contributed by atoms with van der Waals surface area (Å²) in [6, 6.07) is 7.94. The van der Waals surface area contributed by atoms with Crippen molar-refractivity contribution < 1.29 is 22.8 Å². The van der Waals surface area contributed by atoms with Crippen LogP contribution < -0.4 is 10.6 Å². The Morgan fingerprint density at radius 1 is 1.19 bits per heavy atom. The van der Waals surface area contributed by atoms with Crippen LogP contribution in [0, 0.1) is 10.5 Å². The lowest BCUT2D eigenvalue weighted by Crippen LogP contribution is -2.23. The van der Waals surface area contributed by atoms with Gasteiger partial charge in [0.25, 0.3) is 11.8 Å². The zero-order chi connectivity index (χ0) is 26.9. The summed E-state index contributed by atoms with van der Waals surface area (Å²) >= 11 is 8.35. The molecule has 15 heteroatoms. The van der Waals surface area contributed by atoms with Gasteiger partial charge in [0.15, 0.2) is 11.5 Å². The lowest BCUT2D eigenvalue weighted by atomic mass is 10.1. The van der Waals surface area contributed by atoms with E-state index >= 15 is 0 Å². The monoisotopic (exact) mass is 644 g/mol. The smallest absolute Gasteiger partial charge is 0.355 e. The number of hydrogen-bond acceptors (Lipinski definition) is 6. The number of alkyl halides is 3. The molecule has 0 saturated carbocycles. The van der Waals surface area contributed by atoms with Gasteiger partial charge in [-0.15, -0.1) is 5.10 Å². The third kappa shape index (κ3) is 5.74. The Morgan fingerprint density at radius 2 is 1.95 bits per heavy atom. The lowest BCUT2D eigenvalue weighted by Gasteiger charge is -2.14. The van der Waals surface area contributed by atoms with Gasteiger partial charge in [-0.1, -0.05) is 16.8 Å². The van der Waals surface area contributed by atoms with Gasteiger partial charge >= 0.3 is 6.18 Å². The summed E-state index contributed by atoms with van der Waals surface area (Å²) in [5, 5.41) is 16.4. The van der Waals surface area contributed by atoms with Crippen molar-refractivity contribution in [1.82, 2.24) is 35.1 Å². The molecule has 0 unspecified atom stereocenters. The molecular weight excluding hydrogens is 628 g/mol. The quantitative estimate of drug-likeness (QED) is 0.305. The van der Waals surface area contributed by atoms with Gasteiger partial charge in [0.2, 0.25) is 0 Å². The number of anilines is 1. The van der Waals surface area contributed by atoms with Crippen molar-refractivity contribution in [1.29, 1.82) is 0 Å². The second kappa shape index (κ2) is 10.5. The maximum absolute atomic E-state index is 13.5. The Morgan fingerprint density at radius 3 is 2.59 bits per heavy atom. The van der Waals surface area contributed by atoms with Crippen molar-refractivity contribution in [3.05, 3.63) is 79.5 Å². The van der Waals surface area contributed by atoms with Crippen molar-refractivity contribution in [2.75, 3.05) is 12.4 Å². The van der Waals surface area contributed by atoms with Crippen LogP contribution in [-0.2, 0) is 12.7 Å². The minimum absolute atomic E-state index is 0.0208. The zero-order valence-corrected chi connectivity index (χ0v) is 22.1. The zero-order valence-electron chi connectivity index (χ0n) is 19.1. The highest BCUT2D eigenvalue weighted by atomic mass is 127. The normalized spacial score (nSPS) is 11.4. The molecule has 3 aromatic heterocycles. The molecule has 10 nitrogen and oxygen atoms in total. The Labute approximate surface area is 226 Å². The molecule has 3 heterocycles. The van der Waals surface area contributed by atoms with E-state index in [9.17, 15) is 22.8 Å². The number of carbonyl (C=O) groups is 2. The molecule has 37 heavy (non-hydrogen) atoms. The molecule has 0 aliphatic rings. The van der Waals surface area contributed by atoms with Crippen molar-refractivity contribution >= 4 is 51.7 Å². The van der Waals surface area contributed by atoms with Crippen LogP contribution in [0.4, 0.5) is 18.9 Å². The SMILES string of the molecule is CNC(=O)c1cc(I)cc(C)c1NC(=O)c1cc(Cn2cc(C(F)(F)F)nn2)nn1-c1ncccc1Cl. The van der Waals surface area contributed by atoms with E-state index in [2.05, 4.69) is 53.6 Å². The molecule has 0 atom stereocenters. The van der Waals surface area contributed by atoms with Crippen LogP contribution in [0.25, 0.3) is 5.82 Å². The first-order valence-electron chi connectivity index (χ1n) is 10.5. The van der Waals surface area contributed by atoms with E-state index in [0.29, 0.717) is 5.56 Å². The topological polar surface area (TPSA) is 120 Å². The maximum atomic E-state index is 13.5. The molecule has 2 amide bonds. The molecular formula is C22H17ClF3IN8O2.